The maximum atomic E-state index is 12.2. The molecule has 0 aliphatic heterocycles. The highest BCUT2D eigenvalue weighted by atomic mass is 32.2. The normalized spacial score (nSPS) is 11.4. The van der Waals surface area contributed by atoms with Gasteiger partial charge in [-0.05, 0) is 35.7 Å². The van der Waals surface area contributed by atoms with Crippen LogP contribution in [0.1, 0.15) is 6.42 Å². The average Bonchev–Trinajstić information content (AvgIpc) is 3.24. The lowest BCUT2D eigenvalue weighted by Crippen LogP contribution is -2.16. The molecule has 3 aromatic rings. The number of hydrogen-bond acceptors (Lipinski definition) is 8. The lowest BCUT2D eigenvalue weighted by atomic mass is 10.3. The molecule has 0 bridgehead atoms. The van der Waals surface area contributed by atoms with Crippen molar-refractivity contribution >= 4 is 51.2 Å². The number of nitrogens with zero attached hydrogens (tertiary/aromatic N) is 2. The fourth-order valence-electron chi connectivity index (χ4n) is 2.04. The van der Waals surface area contributed by atoms with Gasteiger partial charge in [-0.2, -0.15) is 0 Å². The molecule has 0 unspecified atom stereocenters. The van der Waals surface area contributed by atoms with Crippen molar-refractivity contribution in [1.29, 1.82) is 0 Å². The van der Waals surface area contributed by atoms with Gasteiger partial charge in [0.15, 0.2) is 5.01 Å². The van der Waals surface area contributed by atoms with Crippen LogP contribution in [0.25, 0.3) is 9.88 Å². The quantitative estimate of drug-likeness (QED) is 0.443. The molecule has 1 aromatic carbocycles. The van der Waals surface area contributed by atoms with E-state index in [1.165, 1.54) is 58.7 Å². The van der Waals surface area contributed by atoms with Gasteiger partial charge in [0.2, 0.25) is 5.13 Å². The van der Waals surface area contributed by atoms with E-state index >= 15 is 0 Å². The van der Waals surface area contributed by atoms with E-state index in [1.807, 2.05) is 11.4 Å². The van der Waals surface area contributed by atoms with Crippen LogP contribution in [-0.4, -0.2) is 33.4 Å². The molecule has 148 valence electrons. The van der Waals surface area contributed by atoms with E-state index in [1.54, 1.807) is 0 Å². The van der Waals surface area contributed by atoms with Crippen molar-refractivity contribution < 1.29 is 27.8 Å². The molecule has 0 saturated heterocycles. The predicted molar refractivity (Wildman–Crippen MR) is 103 cm³/mol. The number of thioether (sulfide) groups is 1. The molecule has 0 amide bonds. The van der Waals surface area contributed by atoms with Crippen molar-refractivity contribution in [3.63, 3.8) is 0 Å². The van der Waals surface area contributed by atoms with Crippen molar-refractivity contribution in [3.05, 3.63) is 35.7 Å². The number of nitrogens with one attached hydrogen (secondary N) is 1. The van der Waals surface area contributed by atoms with Crippen molar-refractivity contribution in [2.24, 2.45) is 0 Å². The number of carboxylic acid groups (broad SMARTS) is 1. The summed E-state index contributed by atoms with van der Waals surface area (Å²) < 4.78 is 40.4. The molecule has 0 atom stereocenters. The number of halogens is 3. The Morgan fingerprint density at radius 3 is 2.64 bits per heavy atom. The number of thiophene rings is 1. The third-order valence-electron chi connectivity index (χ3n) is 3.16. The van der Waals surface area contributed by atoms with Crippen LogP contribution in [0.2, 0.25) is 0 Å². The van der Waals surface area contributed by atoms with Gasteiger partial charge in [0.05, 0.1) is 11.3 Å². The minimum absolute atomic E-state index is 0.0664. The lowest BCUT2D eigenvalue weighted by Gasteiger charge is -2.09. The highest BCUT2D eigenvalue weighted by Gasteiger charge is 2.30. The van der Waals surface area contributed by atoms with E-state index in [4.69, 9.17) is 5.11 Å². The first kappa shape index (κ1) is 20.4. The van der Waals surface area contributed by atoms with Gasteiger partial charge in [0.25, 0.3) is 0 Å². The van der Waals surface area contributed by atoms with E-state index in [-0.39, 0.29) is 12.2 Å². The van der Waals surface area contributed by atoms with Crippen molar-refractivity contribution in [3.8, 4) is 15.6 Å². The summed E-state index contributed by atoms with van der Waals surface area (Å²) in [7, 11) is 0. The van der Waals surface area contributed by atoms with Gasteiger partial charge in [0, 0.05) is 16.3 Å². The smallest absolute Gasteiger partial charge is 0.481 e. The molecular formula is C16H12F3N3O3S3. The van der Waals surface area contributed by atoms with Crippen LogP contribution in [0.3, 0.4) is 0 Å². The number of anilines is 2. The summed E-state index contributed by atoms with van der Waals surface area (Å²) in [5.41, 5.74) is 0.541. The molecule has 0 radical (unpaired) electrons. The summed E-state index contributed by atoms with van der Waals surface area (Å²) in [6.07, 6.45) is -4.67. The van der Waals surface area contributed by atoms with Gasteiger partial charge in [-0.25, -0.2) is 0 Å². The molecule has 12 heteroatoms. The summed E-state index contributed by atoms with van der Waals surface area (Å²) in [5.74, 6) is -0.703. The van der Waals surface area contributed by atoms with E-state index in [0.29, 0.717) is 21.6 Å². The second-order valence-electron chi connectivity index (χ2n) is 5.22. The monoisotopic (exact) mass is 447 g/mol. The van der Waals surface area contributed by atoms with Crippen molar-refractivity contribution in [1.82, 2.24) is 10.2 Å². The summed E-state index contributed by atoms with van der Waals surface area (Å²) in [5, 5.41) is 23.0. The van der Waals surface area contributed by atoms with Crippen LogP contribution in [-0.2, 0) is 4.79 Å². The third kappa shape index (κ3) is 5.84. The number of aromatic nitrogens is 2. The first-order chi connectivity index (χ1) is 13.3. The Hall–Kier alpha value is -2.31. The van der Waals surface area contributed by atoms with E-state index < -0.39 is 12.3 Å². The van der Waals surface area contributed by atoms with Gasteiger partial charge in [-0.3, -0.25) is 4.79 Å². The van der Waals surface area contributed by atoms with Gasteiger partial charge >= 0.3 is 12.3 Å². The Balaban J connectivity index is 1.65. The summed E-state index contributed by atoms with van der Waals surface area (Å²) in [6.45, 7) is 0. The Bertz CT molecular complexity index is 942. The van der Waals surface area contributed by atoms with E-state index in [0.717, 1.165) is 9.77 Å². The molecule has 6 nitrogen and oxygen atoms in total. The average molecular weight is 447 g/mol. The minimum atomic E-state index is -4.73. The maximum Gasteiger partial charge on any atom is 0.573 e. The van der Waals surface area contributed by atoms with Crippen LogP contribution in [0, 0.1) is 0 Å². The summed E-state index contributed by atoms with van der Waals surface area (Å²) in [4.78, 5) is 12.5. The van der Waals surface area contributed by atoms with E-state index in [9.17, 15) is 18.0 Å². The molecule has 3 rings (SSSR count). The molecule has 0 saturated carbocycles. The minimum Gasteiger partial charge on any atom is -0.481 e. The Kier molecular flexibility index (Phi) is 6.42. The van der Waals surface area contributed by atoms with Crippen molar-refractivity contribution in [2.75, 3.05) is 11.1 Å². The lowest BCUT2D eigenvalue weighted by molar-refractivity contribution is -0.274. The fraction of sp³-hybridized carbons (Fsp3) is 0.188. The predicted octanol–water partition coefficient (Wildman–Crippen LogP) is 5.48. The molecule has 0 spiro atoms. The third-order valence-corrected chi connectivity index (χ3v) is 6.26. The molecule has 2 N–H and O–H groups in total. The number of hydrogen-bond donors (Lipinski definition) is 2. The molecule has 2 heterocycles. The van der Waals surface area contributed by atoms with Gasteiger partial charge in [-0.1, -0.05) is 11.3 Å². The summed E-state index contributed by atoms with van der Waals surface area (Å²) >= 11 is 4.21. The highest BCUT2D eigenvalue weighted by Crippen LogP contribution is 2.39. The van der Waals surface area contributed by atoms with Crippen LogP contribution < -0.4 is 10.1 Å². The second kappa shape index (κ2) is 8.80. The second-order valence-corrected chi connectivity index (χ2v) is 8.25. The number of ether oxygens (including phenoxy) is 1. The standard InChI is InChI=1S/C16H12F3N3O3S3/c17-16(18,19)25-10-3-1-9(2-4-10)20-15-22-21-14(28-15)13-11(5-7-27-13)26-8-6-12(23)24/h1-5,7H,6,8H2,(H,20,22)(H,23,24). The van der Waals surface area contributed by atoms with Crippen LogP contribution in [0.4, 0.5) is 24.0 Å². The van der Waals surface area contributed by atoms with Gasteiger partial charge < -0.3 is 15.2 Å². The van der Waals surface area contributed by atoms with E-state index in [2.05, 4.69) is 20.3 Å². The zero-order valence-corrected chi connectivity index (χ0v) is 16.3. The molecule has 28 heavy (non-hydrogen) atoms. The Labute approximate surface area is 169 Å². The van der Waals surface area contributed by atoms with Crippen molar-refractivity contribution in [2.45, 2.75) is 17.7 Å². The highest BCUT2D eigenvalue weighted by molar-refractivity contribution is 7.99. The van der Waals surface area contributed by atoms with Gasteiger partial charge in [-0.15, -0.1) is 46.5 Å². The first-order valence-corrected chi connectivity index (χ1v) is 10.4. The van der Waals surface area contributed by atoms with Gasteiger partial charge in [0.1, 0.15) is 5.75 Å². The maximum absolute atomic E-state index is 12.2. The number of rotatable bonds is 8. The number of benzene rings is 1. The molecular weight excluding hydrogens is 435 g/mol. The SMILES string of the molecule is O=C(O)CCSc1ccsc1-c1nnc(Nc2ccc(OC(F)(F)F)cc2)s1. The fourth-order valence-corrected chi connectivity index (χ4v) is 5.06. The topological polar surface area (TPSA) is 84.3 Å². The molecule has 2 aromatic heterocycles. The number of carboxylic acids is 1. The number of alkyl halides is 3. The molecule has 0 fully saturated rings. The van der Waals surface area contributed by atoms with Crippen LogP contribution in [0.5, 0.6) is 5.75 Å². The molecule has 0 aliphatic carbocycles. The Morgan fingerprint density at radius 1 is 1.21 bits per heavy atom. The Morgan fingerprint density at radius 2 is 1.96 bits per heavy atom. The largest absolute Gasteiger partial charge is 0.573 e. The summed E-state index contributed by atoms with van der Waals surface area (Å²) in [6, 6.07) is 7.20. The molecule has 0 aliphatic rings. The zero-order valence-electron chi connectivity index (χ0n) is 13.9. The number of carbonyl (C=O) groups is 1. The number of aliphatic carboxylic acids is 1. The first-order valence-electron chi connectivity index (χ1n) is 7.69. The van der Waals surface area contributed by atoms with Crippen LogP contribution >= 0.6 is 34.4 Å². The van der Waals surface area contributed by atoms with Crippen LogP contribution in [0.15, 0.2) is 40.6 Å². The zero-order chi connectivity index (χ0) is 20.1.